The third-order valence-corrected chi connectivity index (χ3v) is 5.60. The van der Waals surface area contributed by atoms with Crippen molar-refractivity contribution in [2.75, 3.05) is 13.1 Å². The largest absolute Gasteiger partial charge is 0.374 e. The van der Waals surface area contributed by atoms with Crippen LogP contribution in [0.15, 0.2) is 29.2 Å². The van der Waals surface area contributed by atoms with Gasteiger partial charge in [0.1, 0.15) is 0 Å². The molecule has 1 aromatic rings. The summed E-state index contributed by atoms with van der Waals surface area (Å²) in [6.45, 7) is 7.73. The van der Waals surface area contributed by atoms with E-state index >= 15 is 0 Å². The van der Waals surface area contributed by atoms with Gasteiger partial charge in [0.25, 0.3) is 0 Å². The fourth-order valence-electron chi connectivity index (χ4n) is 2.57. The zero-order valence-electron chi connectivity index (χ0n) is 13.1. The van der Waals surface area contributed by atoms with Crippen molar-refractivity contribution < 1.29 is 13.2 Å². The summed E-state index contributed by atoms with van der Waals surface area (Å²) in [4.78, 5) is 0.376. The quantitative estimate of drug-likeness (QED) is 0.839. The lowest BCUT2D eigenvalue weighted by atomic mass is 10.0. The maximum absolute atomic E-state index is 12.7. The van der Waals surface area contributed by atoms with E-state index in [1.807, 2.05) is 19.9 Å². The lowest BCUT2D eigenvalue weighted by Gasteiger charge is -2.30. The SMILES string of the molecule is CC1CCCN(S(=O)(=O)c2cccc(COC(C)C)c2)C1. The molecule has 2 rings (SSSR count). The molecule has 1 aliphatic heterocycles. The number of nitrogens with zero attached hydrogens (tertiary/aromatic N) is 1. The van der Waals surface area contributed by atoms with Crippen LogP contribution >= 0.6 is 0 Å². The molecule has 1 fully saturated rings. The zero-order valence-corrected chi connectivity index (χ0v) is 13.9. The van der Waals surface area contributed by atoms with Gasteiger partial charge in [-0.15, -0.1) is 0 Å². The summed E-state index contributed by atoms with van der Waals surface area (Å²) in [5.74, 6) is 0.431. The van der Waals surface area contributed by atoms with Gasteiger partial charge < -0.3 is 4.74 Å². The van der Waals surface area contributed by atoms with Gasteiger partial charge in [-0.3, -0.25) is 0 Å². The van der Waals surface area contributed by atoms with E-state index in [1.165, 1.54) is 0 Å². The van der Waals surface area contributed by atoms with Gasteiger partial charge in [-0.2, -0.15) is 4.31 Å². The average Bonchev–Trinajstić information content (AvgIpc) is 2.45. The van der Waals surface area contributed by atoms with Crippen LogP contribution < -0.4 is 0 Å². The van der Waals surface area contributed by atoms with Crippen LogP contribution in [0.25, 0.3) is 0 Å². The molecule has 1 aliphatic rings. The third-order valence-electron chi connectivity index (χ3n) is 3.74. The summed E-state index contributed by atoms with van der Waals surface area (Å²) in [5.41, 5.74) is 0.898. The Morgan fingerprint density at radius 1 is 1.38 bits per heavy atom. The lowest BCUT2D eigenvalue weighted by molar-refractivity contribution is 0.0656. The van der Waals surface area contributed by atoms with E-state index in [1.54, 1.807) is 22.5 Å². The highest BCUT2D eigenvalue weighted by atomic mass is 32.2. The molecule has 4 nitrogen and oxygen atoms in total. The fourth-order valence-corrected chi connectivity index (χ4v) is 4.24. The molecule has 0 radical (unpaired) electrons. The highest BCUT2D eigenvalue weighted by Gasteiger charge is 2.28. The van der Waals surface area contributed by atoms with E-state index in [0.717, 1.165) is 18.4 Å². The summed E-state index contributed by atoms with van der Waals surface area (Å²) in [6.07, 6.45) is 2.18. The number of sulfonamides is 1. The minimum absolute atomic E-state index is 0.133. The maximum atomic E-state index is 12.7. The summed E-state index contributed by atoms with van der Waals surface area (Å²) in [7, 11) is -3.38. The Bertz CT molecular complexity index is 569. The van der Waals surface area contributed by atoms with Gasteiger partial charge >= 0.3 is 0 Å². The molecule has 0 spiro atoms. The van der Waals surface area contributed by atoms with Crippen molar-refractivity contribution in [1.82, 2.24) is 4.31 Å². The molecule has 1 atom stereocenters. The Kier molecular flexibility index (Phi) is 5.41. The van der Waals surface area contributed by atoms with E-state index < -0.39 is 10.0 Å². The molecule has 1 saturated heterocycles. The predicted octanol–water partition coefficient (Wildman–Crippen LogP) is 3.03. The first-order valence-corrected chi connectivity index (χ1v) is 9.04. The van der Waals surface area contributed by atoms with Crippen molar-refractivity contribution in [1.29, 1.82) is 0 Å². The number of hydrogen-bond acceptors (Lipinski definition) is 3. The number of hydrogen-bond donors (Lipinski definition) is 0. The van der Waals surface area contributed by atoms with Gasteiger partial charge in [0.2, 0.25) is 10.0 Å². The van der Waals surface area contributed by atoms with Crippen molar-refractivity contribution >= 4 is 10.0 Å². The standard InChI is InChI=1S/C16H25NO3S/c1-13(2)20-12-15-7-4-8-16(10-15)21(18,19)17-9-5-6-14(3)11-17/h4,7-8,10,13-14H,5-6,9,11-12H2,1-3H3. The van der Waals surface area contributed by atoms with Gasteiger partial charge in [0, 0.05) is 13.1 Å². The molecule has 21 heavy (non-hydrogen) atoms. The minimum atomic E-state index is -3.38. The second kappa shape index (κ2) is 6.90. The topological polar surface area (TPSA) is 46.6 Å². The number of piperidine rings is 1. The van der Waals surface area contributed by atoms with Crippen molar-refractivity contribution in [3.63, 3.8) is 0 Å². The summed E-state index contributed by atoms with van der Waals surface area (Å²) in [5, 5.41) is 0. The third kappa shape index (κ3) is 4.28. The second-order valence-electron chi connectivity index (χ2n) is 6.12. The normalized spacial score (nSPS) is 20.9. The Hall–Kier alpha value is -0.910. The minimum Gasteiger partial charge on any atom is -0.374 e. The van der Waals surface area contributed by atoms with E-state index in [4.69, 9.17) is 4.74 Å². The average molecular weight is 311 g/mol. The van der Waals surface area contributed by atoms with E-state index in [-0.39, 0.29) is 6.10 Å². The molecule has 1 aromatic carbocycles. The molecule has 118 valence electrons. The monoisotopic (exact) mass is 311 g/mol. The van der Waals surface area contributed by atoms with Crippen LogP contribution in [-0.4, -0.2) is 31.9 Å². The Morgan fingerprint density at radius 2 is 2.14 bits per heavy atom. The summed E-state index contributed by atoms with van der Waals surface area (Å²) < 4.78 is 32.6. The lowest BCUT2D eigenvalue weighted by Crippen LogP contribution is -2.39. The summed E-state index contributed by atoms with van der Waals surface area (Å²) >= 11 is 0. The van der Waals surface area contributed by atoms with Crippen LogP contribution in [0, 0.1) is 5.92 Å². The van der Waals surface area contributed by atoms with Gasteiger partial charge in [0.05, 0.1) is 17.6 Å². The van der Waals surface area contributed by atoms with Crippen molar-refractivity contribution in [3.8, 4) is 0 Å². The van der Waals surface area contributed by atoms with Crippen LogP contribution in [-0.2, 0) is 21.4 Å². The van der Waals surface area contributed by atoms with Crippen molar-refractivity contribution in [2.45, 2.75) is 51.2 Å². The second-order valence-corrected chi connectivity index (χ2v) is 8.06. The molecule has 0 saturated carbocycles. The van der Waals surface area contributed by atoms with Gasteiger partial charge in [-0.1, -0.05) is 19.1 Å². The Morgan fingerprint density at radius 3 is 2.81 bits per heavy atom. The number of ether oxygens (including phenoxy) is 1. The maximum Gasteiger partial charge on any atom is 0.243 e. The van der Waals surface area contributed by atoms with Crippen LogP contribution in [0.5, 0.6) is 0 Å². The highest BCUT2D eigenvalue weighted by molar-refractivity contribution is 7.89. The first-order valence-electron chi connectivity index (χ1n) is 7.60. The molecule has 0 aliphatic carbocycles. The summed E-state index contributed by atoms with van der Waals surface area (Å²) in [6, 6.07) is 7.10. The molecule has 5 heteroatoms. The highest BCUT2D eigenvalue weighted by Crippen LogP contribution is 2.24. The van der Waals surface area contributed by atoms with Crippen LogP contribution in [0.3, 0.4) is 0 Å². The van der Waals surface area contributed by atoms with Crippen LogP contribution in [0.1, 0.15) is 39.2 Å². The first-order chi connectivity index (χ1) is 9.89. The zero-order chi connectivity index (χ0) is 15.5. The molecule has 0 amide bonds. The molecule has 0 bridgehead atoms. The Balaban J connectivity index is 2.17. The molecule has 1 unspecified atom stereocenters. The van der Waals surface area contributed by atoms with Gasteiger partial charge in [-0.05, 0) is 50.3 Å². The molecular formula is C16H25NO3S. The first kappa shape index (κ1) is 16.5. The molecule has 0 aromatic heterocycles. The van der Waals surface area contributed by atoms with Crippen LogP contribution in [0.2, 0.25) is 0 Å². The van der Waals surface area contributed by atoms with E-state index in [9.17, 15) is 8.42 Å². The van der Waals surface area contributed by atoms with Gasteiger partial charge in [0.15, 0.2) is 0 Å². The number of rotatable bonds is 5. The van der Waals surface area contributed by atoms with Crippen LogP contribution in [0.4, 0.5) is 0 Å². The molecule has 1 heterocycles. The van der Waals surface area contributed by atoms with Crippen molar-refractivity contribution in [2.24, 2.45) is 5.92 Å². The van der Waals surface area contributed by atoms with E-state index in [2.05, 4.69) is 6.92 Å². The van der Waals surface area contributed by atoms with E-state index in [0.29, 0.717) is 30.5 Å². The smallest absolute Gasteiger partial charge is 0.243 e. The fraction of sp³-hybridized carbons (Fsp3) is 0.625. The Labute approximate surface area is 128 Å². The number of benzene rings is 1. The molecule has 0 N–H and O–H groups in total. The van der Waals surface area contributed by atoms with Gasteiger partial charge in [-0.25, -0.2) is 8.42 Å². The predicted molar refractivity (Wildman–Crippen MR) is 83.5 cm³/mol. The van der Waals surface area contributed by atoms with Crippen molar-refractivity contribution in [3.05, 3.63) is 29.8 Å². The molecular weight excluding hydrogens is 286 g/mol.